The number of nitrogens with one attached hydrogen (secondary N) is 2. The third kappa shape index (κ3) is 5.59. The van der Waals surface area contributed by atoms with E-state index < -0.39 is 0 Å². The number of nitrogen functional groups attached to an aromatic ring is 1. The molecule has 1 aromatic rings. The minimum Gasteiger partial charge on any atom is -0.380 e. The van der Waals surface area contributed by atoms with Gasteiger partial charge < -0.3 is 15.5 Å². The van der Waals surface area contributed by atoms with Gasteiger partial charge in [0.1, 0.15) is 0 Å². The van der Waals surface area contributed by atoms with Crippen molar-refractivity contribution < 1.29 is 9.53 Å². The van der Waals surface area contributed by atoms with Crippen molar-refractivity contribution >= 4 is 11.6 Å². The summed E-state index contributed by atoms with van der Waals surface area (Å²) in [6.45, 7) is 8.03. The van der Waals surface area contributed by atoms with Gasteiger partial charge in [-0.2, -0.15) is 0 Å². The minimum absolute atomic E-state index is 0.0934. The summed E-state index contributed by atoms with van der Waals surface area (Å²) in [5, 5.41) is 2.84. The van der Waals surface area contributed by atoms with Crippen LogP contribution in [0.5, 0.6) is 0 Å². The standard InChI is InChI=1S/C15H25N3O2/c1-11(2)6-8-20-9-7-17-15(19)13-4-5-14(18-16)12(3)10-13/h4-5,10-11,18H,6-9,16H2,1-3H3,(H,17,19). The fraction of sp³-hybridized carbons (Fsp3) is 0.533. The topological polar surface area (TPSA) is 76.4 Å². The second-order valence-corrected chi connectivity index (χ2v) is 5.22. The van der Waals surface area contributed by atoms with E-state index in [0.29, 0.717) is 24.6 Å². The third-order valence-electron chi connectivity index (χ3n) is 3.02. The van der Waals surface area contributed by atoms with Gasteiger partial charge in [-0.1, -0.05) is 13.8 Å². The normalized spacial score (nSPS) is 10.7. The van der Waals surface area contributed by atoms with Crippen LogP contribution >= 0.6 is 0 Å². The molecule has 1 aromatic carbocycles. The van der Waals surface area contributed by atoms with Gasteiger partial charge in [-0.05, 0) is 43.0 Å². The summed E-state index contributed by atoms with van der Waals surface area (Å²) in [7, 11) is 0. The molecule has 112 valence electrons. The van der Waals surface area contributed by atoms with Crippen LogP contribution in [0.4, 0.5) is 5.69 Å². The van der Waals surface area contributed by atoms with Gasteiger partial charge in [0.2, 0.25) is 0 Å². The van der Waals surface area contributed by atoms with Crippen molar-refractivity contribution in [2.75, 3.05) is 25.2 Å². The summed E-state index contributed by atoms with van der Waals surface area (Å²) >= 11 is 0. The molecule has 5 nitrogen and oxygen atoms in total. The molecule has 0 saturated heterocycles. The fourth-order valence-corrected chi connectivity index (χ4v) is 1.73. The van der Waals surface area contributed by atoms with E-state index in [1.165, 1.54) is 0 Å². The Labute approximate surface area is 120 Å². The molecule has 0 aliphatic rings. The van der Waals surface area contributed by atoms with Gasteiger partial charge in [0, 0.05) is 18.7 Å². The highest BCUT2D eigenvalue weighted by atomic mass is 16.5. The van der Waals surface area contributed by atoms with Gasteiger partial charge in [0.25, 0.3) is 5.91 Å². The number of benzene rings is 1. The molecule has 1 amide bonds. The molecule has 20 heavy (non-hydrogen) atoms. The molecular formula is C15H25N3O2. The first kappa shape index (κ1) is 16.5. The van der Waals surface area contributed by atoms with Crippen LogP contribution in [0.15, 0.2) is 18.2 Å². The number of carbonyl (C=O) groups is 1. The molecule has 5 heteroatoms. The lowest BCUT2D eigenvalue weighted by atomic mass is 10.1. The van der Waals surface area contributed by atoms with Gasteiger partial charge in [0.05, 0.1) is 12.3 Å². The highest BCUT2D eigenvalue weighted by Crippen LogP contribution is 2.14. The van der Waals surface area contributed by atoms with Crippen molar-refractivity contribution in [2.24, 2.45) is 11.8 Å². The number of hydrogen-bond donors (Lipinski definition) is 3. The number of hydrogen-bond acceptors (Lipinski definition) is 4. The van der Waals surface area contributed by atoms with Crippen LogP contribution in [0, 0.1) is 12.8 Å². The Morgan fingerprint density at radius 1 is 1.35 bits per heavy atom. The second-order valence-electron chi connectivity index (χ2n) is 5.22. The number of anilines is 1. The predicted molar refractivity (Wildman–Crippen MR) is 81.6 cm³/mol. The number of aryl methyl sites for hydroxylation is 1. The number of ether oxygens (including phenoxy) is 1. The highest BCUT2D eigenvalue weighted by molar-refractivity contribution is 5.94. The number of carbonyl (C=O) groups excluding carboxylic acids is 1. The fourth-order valence-electron chi connectivity index (χ4n) is 1.73. The molecule has 0 radical (unpaired) electrons. The molecule has 0 unspecified atom stereocenters. The molecule has 0 aliphatic carbocycles. The van der Waals surface area contributed by atoms with Gasteiger partial charge in [-0.15, -0.1) is 0 Å². The monoisotopic (exact) mass is 279 g/mol. The Hall–Kier alpha value is -1.59. The molecule has 4 N–H and O–H groups in total. The summed E-state index contributed by atoms with van der Waals surface area (Å²) in [6.07, 6.45) is 1.04. The molecular weight excluding hydrogens is 254 g/mol. The lowest BCUT2D eigenvalue weighted by Gasteiger charge is -2.09. The number of hydrazine groups is 1. The maximum Gasteiger partial charge on any atom is 0.251 e. The van der Waals surface area contributed by atoms with Crippen LogP contribution in [0.25, 0.3) is 0 Å². The summed E-state index contributed by atoms with van der Waals surface area (Å²) < 4.78 is 5.45. The quantitative estimate of drug-likeness (QED) is 0.387. The number of amides is 1. The molecule has 0 aliphatic heterocycles. The molecule has 0 aromatic heterocycles. The van der Waals surface area contributed by atoms with E-state index in [1.54, 1.807) is 12.1 Å². The number of nitrogens with two attached hydrogens (primary N) is 1. The first-order valence-electron chi connectivity index (χ1n) is 6.97. The van der Waals surface area contributed by atoms with Crippen LogP contribution < -0.4 is 16.6 Å². The predicted octanol–water partition coefficient (Wildman–Crippen LogP) is 2.07. The maximum atomic E-state index is 11.9. The van der Waals surface area contributed by atoms with Crippen molar-refractivity contribution in [2.45, 2.75) is 27.2 Å². The molecule has 0 heterocycles. The van der Waals surface area contributed by atoms with Crippen molar-refractivity contribution in [3.05, 3.63) is 29.3 Å². The van der Waals surface area contributed by atoms with Gasteiger partial charge in [-0.25, -0.2) is 0 Å². The molecule has 0 spiro atoms. The molecule has 1 rings (SSSR count). The number of rotatable bonds is 8. The average molecular weight is 279 g/mol. The van der Waals surface area contributed by atoms with Gasteiger partial charge in [-0.3, -0.25) is 10.6 Å². The van der Waals surface area contributed by atoms with Crippen LogP contribution in [0.1, 0.15) is 36.2 Å². The van der Waals surface area contributed by atoms with E-state index in [-0.39, 0.29) is 5.91 Å². The van der Waals surface area contributed by atoms with Crippen molar-refractivity contribution in [1.82, 2.24) is 5.32 Å². The molecule has 0 fully saturated rings. The SMILES string of the molecule is Cc1cc(C(=O)NCCOCCC(C)C)ccc1NN. The van der Waals surface area contributed by atoms with Gasteiger partial charge in [0.15, 0.2) is 0 Å². The maximum absolute atomic E-state index is 11.9. The van der Waals surface area contributed by atoms with Crippen LogP contribution in [0.2, 0.25) is 0 Å². The zero-order valence-corrected chi connectivity index (χ0v) is 12.5. The Kier molecular flexibility index (Phi) is 7.04. The van der Waals surface area contributed by atoms with Crippen molar-refractivity contribution in [1.29, 1.82) is 0 Å². The smallest absolute Gasteiger partial charge is 0.251 e. The Morgan fingerprint density at radius 2 is 2.10 bits per heavy atom. The Morgan fingerprint density at radius 3 is 2.70 bits per heavy atom. The van der Waals surface area contributed by atoms with E-state index in [4.69, 9.17) is 10.6 Å². The Balaban J connectivity index is 2.31. The first-order chi connectivity index (χ1) is 9.54. The van der Waals surface area contributed by atoms with Gasteiger partial charge >= 0.3 is 0 Å². The summed E-state index contributed by atoms with van der Waals surface area (Å²) in [6, 6.07) is 5.35. The summed E-state index contributed by atoms with van der Waals surface area (Å²) in [5.74, 6) is 5.91. The Bertz CT molecular complexity index is 433. The summed E-state index contributed by atoms with van der Waals surface area (Å²) in [4.78, 5) is 11.9. The van der Waals surface area contributed by atoms with E-state index in [0.717, 1.165) is 24.3 Å². The molecule has 0 saturated carbocycles. The lowest BCUT2D eigenvalue weighted by Crippen LogP contribution is -2.27. The van der Waals surface area contributed by atoms with E-state index in [9.17, 15) is 4.79 Å². The van der Waals surface area contributed by atoms with Crippen molar-refractivity contribution in [3.63, 3.8) is 0 Å². The zero-order valence-electron chi connectivity index (χ0n) is 12.5. The highest BCUT2D eigenvalue weighted by Gasteiger charge is 2.06. The molecule has 0 atom stereocenters. The molecule has 0 bridgehead atoms. The van der Waals surface area contributed by atoms with E-state index in [1.807, 2.05) is 13.0 Å². The largest absolute Gasteiger partial charge is 0.380 e. The van der Waals surface area contributed by atoms with E-state index in [2.05, 4.69) is 24.6 Å². The average Bonchev–Trinajstić information content (AvgIpc) is 2.42. The summed E-state index contributed by atoms with van der Waals surface area (Å²) in [5.41, 5.74) is 4.97. The zero-order chi connectivity index (χ0) is 15.0. The first-order valence-corrected chi connectivity index (χ1v) is 6.97. The van der Waals surface area contributed by atoms with Crippen molar-refractivity contribution in [3.8, 4) is 0 Å². The minimum atomic E-state index is -0.0934. The third-order valence-corrected chi connectivity index (χ3v) is 3.02. The van der Waals surface area contributed by atoms with Crippen LogP contribution in [-0.4, -0.2) is 25.7 Å². The van der Waals surface area contributed by atoms with E-state index >= 15 is 0 Å². The van der Waals surface area contributed by atoms with Crippen LogP contribution in [0.3, 0.4) is 0 Å². The lowest BCUT2D eigenvalue weighted by molar-refractivity contribution is 0.0906. The second kappa shape index (κ2) is 8.55. The van der Waals surface area contributed by atoms with Crippen LogP contribution in [-0.2, 0) is 4.74 Å².